The number of rotatable bonds is 6. The Morgan fingerprint density at radius 1 is 0.967 bits per heavy atom. The molecule has 30 heavy (non-hydrogen) atoms. The normalized spacial score (nSPS) is 11.6. The lowest BCUT2D eigenvalue weighted by molar-refractivity contribution is 0.112. The summed E-state index contributed by atoms with van der Waals surface area (Å²) in [7, 11) is 0.827. The first-order chi connectivity index (χ1) is 14.4. The standard InChI is InChI=1S/C21H19N3O5S/c1-24-18-7-4-13(12-25)10-15(18)16-11-14(5-8-19(16)24)30(26,27)23-17-6-9-20(28-2)22-21(17)29-3/h4-12,23H,1-3H3. The number of pyridine rings is 1. The minimum atomic E-state index is -3.92. The van der Waals surface area contributed by atoms with Gasteiger partial charge in [0.05, 0.1) is 19.1 Å². The van der Waals surface area contributed by atoms with Crippen molar-refractivity contribution in [2.75, 3.05) is 18.9 Å². The van der Waals surface area contributed by atoms with Crippen LogP contribution in [0.1, 0.15) is 10.4 Å². The number of aromatic nitrogens is 2. The number of hydrogen-bond donors (Lipinski definition) is 1. The molecule has 154 valence electrons. The minimum absolute atomic E-state index is 0.0804. The van der Waals surface area contributed by atoms with Gasteiger partial charge in [-0.3, -0.25) is 9.52 Å². The fraction of sp³-hybridized carbons (Fsp3) is 0.143. The first-order valence-electron chi connectivity index (χ1n) is 8.97. The van der Waals surface area contributed by atoms with Gasteiger partial charge in [0, 0.05) is 40.5 Å². The fourth-order valence-corrected chi connectivity index (χ4v) is 4.51. The Balaban J connectivity index is 1.82. The molecule has 0 unspecified atom stereocenters. The third-order valence-electron chi connectivity index (χ3n) is 4.93. The van der Waals surface area contributed by atoms with Gasteiger partial charge in [0.15, 0.2) is 0 Å². The van der Waals surface area contributed by atoms with Crippen LogP contribution in [0, 0.1) is 0 Å². The summed E-state index contributed by atoms with van der Waals surface area (Å²) < 4.78 is 40.8. The molecule has 0 fully saturated rings. The van der Waals surface area contributed by atoms with Crippen molar-refractivity contribution in [3.05, 3.63) is 54.1 Å². The van der Waals surface area contributed by atoms with E-state index in [1.165, 1.54) is 32.4 Å². The van der Waals surface area contributed by atoms with E-state index in [-0.39, 0.29) is 16.5 Å². The number of carbonyl (C=O) groups excluding carboxylic acids is 1. The molecular formula is C21H19N3O5S. The molecule has 0 bridgehead atoms. The van der Waals surface area contributed by atoms with E-state index in [1.54, 1.807) is 24.3 Å². The molecular weight excluding hydrogens is 406 g/mol. The summed E-state index contributed by atoms with van der Waals surface area (Å²) in [6.07, 6.45) is 0.767. The van der Waals surface area contributed by atoms with Crippen molar-refractivity contribution in [3.63, 3.8) is 0 Å². The molecule has 0 radical (unpaired) electrons. The zero-order chi connectivity index (χ0) is 21.5. The number of nitrogens with one attached hydrogen (secondary N) is 1. The summed E-state index contributed by atoms with van der Waals surface area (Å²) in [5.41, 5.74) is 2.48. The van der Waals surface area contributed by atoms with Crippen LogP contribution < -0.4 is 14.2 Å². The Bertz CT molecular complexity index is 1390. The summed E-state index contributed by atoms with van der Waals surface area (Å²) in [5, 5.41) is 1.54. The fourth-order valence-electron chi connectivity index (χ4n) is 3.43. The Morgan fingerprint density at radius 2 is 1.67 bits per heavy atom. The molecule has 8 nitrogen and oxygen atoms in total. The predicted molar refractivity (Wildman–Crippen MR) is 114 cm³/mol. The van der Waals surface area contributed by atoms with E-state index in [4.69, 9.17) is 9.47 Å². The van der Waals surface area contributed by atoms with Gasteiger partial charge < -0.3 is 14.0 Å². The van der Waals surface area contributed by atoms with Crippen LogP contribution in [0.25, 0.3) is 21.8 Å². The van der Waals surface area contributed by atoms with E-state index < -0.39 is 10.0 Å². The molecule has 0 spiro atoms. The average molecular weight is 425 g/mol. The first-order valence-corrected chi connectivity index (χ1v) is 10.5. The molecule has 4 aromatic rings. The molecule has 0 amide bonds. The summed E-state index contributed by atoms with van der Waals surface area (Å²) in [6.45, 7) is 0. The number of ether oxygens (including phenoxy) is 2. The van der Waals surface area contributed by atoms with Crippen LogP contribution in [0.2, 0.25) is 0 Å². The van der Waals surface area contributed by atoms with Crippen molar-refractivity contribution < 1.29 is 22.7 Å². The molecule has 0 aliphatic rings. The van der Waals surface area contributed by atoms with E-state index in [1.807, 2.05) is 17.7 Å². The number of sulfonamides is 1. The number of benzene rings is 2. The molecule has 2 aromatic heterocycles. The van der Waals surface area contributed by atoms with Crippen molar-refractivity contribution in [2.45, 2.75) is 4.90 Å². The zero-order valence-corrected chi connectivity index (χ0v) is 17.4. The zero-order valence-electron chi connectivity index (χ0n) is 16.5. The molecule has 0 aliphatic carbocycles. The third kappa shape index (κ3) is 3.22. The van der Waals surface area contributed by atoms with Crippen LogP contribution in [-0.4, -0.2) is 38.5 Å². The number of hydrogen-bond acceptors (Lipinski definition) is 6. The molecule has 2 aromatic carbocycles. The molecule has 0 saturated carbocycles. The highest BCUT2D eigenvalue weighted by Gasteiger charge is 2.20. The molecule has 4 rings (SSSR count). The summed E-state index contributed by atoms with van der Waals surface area (Å²) in [4.78, 5) is 15.4. The van der Waals surface area contributed by atoms with Gasteiger partial charge in [-0.2, -0.15) is 4.98 Å². The molecule has 2 heterocycles. The lowest BCUT2D eigenvalue weighted by Gasteiger charge is -2.12. The lowest BCUT2D eigenvalue weighted by atomic mass is 10.1. The number of nitrogens with zero attached hydrogens (tertiary/aromatic N) is 2. The van der Waals surface area contributed by atoms with Gasteiger partial charge in [-0.25, -0.2) is 8.42 Å². The van der Waals surface area contributed by atoms with Crippen molar-refractivity contribution in [2.24, 2.45) is 7.05 Å². The van der Waals surface area contributed by atoms with Gasteiger partial charge in [0.1, 0.15) is 12.0 Å². The summed E-state index contributed by atoms with van der Waals surface area (Å²) in [5.74, 6) is 0.401. The van der Waals surface area contributed by atoms with Gasteiger partial charge in [-0.15, -0.1) is 0 Å². The smallest absolute Gasteiger partial charge is 0.262 e. The van der Waals surface area contributed by atoms with Crippen LogP contribution in [0.15, 0.2) is 53.4 Å². The topological polar surface area (TPSA) is 99.5 Å². The Kier molecular flexibility index (Phi) is 4.83. The Hall–Kier alpha value is -3.59. The van der Waals surface area contributed by atoms with Gasteiger partial charge >= 0.3 is 0 Å². The van der Waals surface area contributed by atoms with Crippen LogP contribution in [0.4, 0.5) is 5.69 Å². The first kappa shape index (κ1) is 19.7. The van der Waals surface area contributed by atoms with Gasteiger partial charge in [0.25, 0.3) is 10.0 Å². The molecule has 0 saturated heterocycles. The lowest BCUT2D eigenvalue weighted by Crippen LogP contribution is -2.14. The van der Waals surface area contributed by atoms with Crippen LogP contribution in [0.3, 0.4) is 0 Å². The van der Waals surface area contributed by atoms with Crippen molar-refractivity contribution in [1.82, 2.24) is 9.55 Å². The monoisotopic (exact) mass is 425 g/mol. The maximum absolute atomic E-state index is 13.0. The maximum atomic E-state index is 13.0. The van der Waals surface area contributed by atoms with E-state index >= 15 is 0 Å². The summed E-state index contributed by atoms with van der Waals surface area (Å²) >= 11 is 0. The molecule has 0 aliphatic heterocycles. The highest BCUT2D eigenvalue weighted by molar-refractivity contribution is 7.92. The second-order valence-corrected chi connectivity index (χ2v) is 8.33. The van der Waals surface area contributed by atoms with E-state index in [0.717, 1.165) is 28.1 Å². The van der Waals surface area contributed by atoms with Crippen LogP contribution >= 0.6 is 0 Å². The van der Waals surface area contributed by atoms with Gasteiger partial charge in [-0.1, -0.05) is 0 Å². The minimum Gasteiger partial charge on any atom is -0.481 e. The van der Waals surface area contributed by atoms with Crippen molar-refractivity contribution in [1.29, 1.82) is 0 Å². The average Bonchev–Trinajstić information content (AvgIpc) is 3.04. The maximum Gasteiger partial charge on any atom is 0.262 e. The number of aryl methyl sites for hydroxylation is 1. The highest BCUT2D eigenvalue weighted by atomic mass is 32.2. The van der Waals surface area contributed by atoms with E-state index in [9.17, 15) is 13.2 Å². The largest absolute Gasteiger partial charge is 0.481 e. The molecule has 0 atom stereocenters. The number of methoxy groups -OCH3 is 2. The number of fused-ring (bicyclic) bond motifs is 3. The highest BCUT2D eigenvalue weighted by Crippen LogP contribution is 2.32. The second kappa shape index (κ2) is 7.34. The molecule has 9 heteroatoms. The Labute approximate surface area is 173 Å². The summed E-state index contributed by atoms with van der Waals surface area (Å²) in [6, 6.07) is 13.3. The van der Waals surface area contributed by atoms with Crippen LogP contribution in [0.5, 0.6) is 11.8 Å². The van der Waals surface area contributed by atoms with E-state index in [2.05, 4.69) is 9.71 Å². The quantitative estimate of drug-likeness (QED) is 0.476. The second-order valence-electron chi connectivity index (χ2n) is 6.65. The third-order valence-corrected chi connectivity index (χ3v) is 6.29. The van der Waals surface area contributed by atoms with Gasteiger partial charge in [-0.05, 0) is 42.5 Å². The number of anilines is 1. The Morgan fingerprint density at radius 3 is 2.33 bits per heavy atom. The SMILES string of the molecule is COc1ccc(NS(=O)(=O)c2ccc3c(c2)c2cc(C=O)ccc2n3C)c(OC)n1. The van der Waals surface area contributed by atoms with Crippen molar-refractivity contribution in [3.8, 4) is 11.8 Å². The predicted octanol–water partition coefficient (Wildman–Crippen LogP) is 3.36. The number of carbonyl (C=O) groups is 1. The van der Waals surface area contributed by atoms with Gasteiger partial charge in [0.2, 0.25) is 11.8 Å². The molecule has 1 N–H and O–H groups in total. The van der Waals surface area contributed by atoms with Crippen molar-refractivity contribution >= 4 is 43.8 Å². The van der Waals surface area contributed by atoms with Crippen LogP contribution in [-0.2, 0) is 17.1 Å². The van der Waals surface area contributed by atoms with E-state index in [0.29, 0.717) is 11.4 Å². The number of aldehydes is 1.